The molecule has 1 N–H and O–H groups in total. The van der Waals surface area contributed by atoms with Gasteiger partial charge in [0.15, 0.2) is 5.75 Å². The van der Waals surface area contributed by atoms with Crippen LogP contribution in [0.2, 0.25) is 0 Å². The monoisotopic (exact) mass is 303 g/mol. The number of carbonyl (C=O) groups excluding carboxylic acids is 1. The van der Waals surface area contributed by atoms with Gasteiger partial charge in [-0.25, -0.2) is 0 Å². The van der Waals surface area contributed by atoms with Crippen LogP contribution < -0.4 is 0 Å². The van der Waals surface area contributed by atoms with E-state index in [9.17, 15) is 9.90 Å². The molecule has 0 spiro atoms. The van der Waals surface area contributed by atoms with Crippen LogP contribution in [-0.2, 0) is 0 Å². The topological polar surface area (TPSA) is 61.1 Å². The van der Waals surface area contributed by atoms with E-state index in [-0.39, 0.29) is 22.0 Å². The second-order valence-corrected chi connectivity index (χ2v) is 6.48. The predicted molar refractivity (Wildman–Crippen MR) is 81.6 cm³/mol. The Bertz CT molecular complexity index is 657. The molecule has 0 aliphatic carbocycles. The van der Waals surface area contributed by atoms with Crippen molar-refractivity contribution in [2.24, 2.45) is 0 Å². The first-order valence-corrected chi connectivity index (χ1v) is 7.97. The van der Waals surface area contributed by atoms with Crippen LogP contribution in [0.1, 0.15) is 34.1 Å². The molecule has 102 valence electrons. The Morgan fingerprint density at radius 3 is 2.70 bits per heavy atom. The van der Waals surface area contributed by atoms with E-state index in [0.717, 1.165) is 12.2 Å². The molecule has 0 radical (unpaired) electrons. The van der Waals surface area contributed by atoms with Crippen molar-refractivity contribution in [3.8, 4) is 11.8 Å². The summed E-state index contributed by atoms with van der Waals surface area (Å²) in [7, 11) is 0. The van der Waals surface area contributed by atoms with Crippen molar-refractivity contribution < 1.29 is 9.90 Å². The molecule has 20 heavy (non-hydrogen) atoms. The van der Waals surface area contributed by atoms with E-state index in [1.54, 1.807) is 24.3 Å². The van der Waals surface area contributed by atoms with Crippen LogP contribution in [0.4, 0.5) is 0 Å². The second kappa shape index (κ2) is 6.60. The van der Waals surface area contributed by atoms with Gasteiger partial charge in [0.2, 0.25) is 5.78 Å². The summed E-state index contributed by atoms with van der Waals surface area (Å²) in [6.07, 6.45) is 0.968. The average molecular weight is 303 g/mol. The number of carbonyl (C=O) groups is 1. The molecule has 2 rings (SSSR count). The van der Waals surface area contributed by atoms with Gasteiger partial charge in [0.25, 0.3) is 0 Å². The zero-order valence-corrected chi connectivity index (χ0v) is 12.6. The van der Waals surface area contributed by atoms with E-state index in [1.165, 1.54) is 23.1 Å². The lowest BCUT2D eigenvalue weighted by atomic mass is 10.1. The Labute approximate surface area is 125 Å². The van der Waals surface area contributed by atoms with E-state index >= 15 is 0 Å². The van der Waals surface area contributed by atoms with Crippen molar-refractivity contribution in [2.45, 2.75) is 17.6 Å². The number of ketones is 1. The Kier molecular flexibility index (Phi) is 4.83. The number of nitriles is 1. The third kappa shape index (κ3) is 2.87. The summed E-state index contributed by atoms with van der Waals surface area (Å²) in [5, 5.41) is 19.2. The number of rotatable bonds is 5. The molecule has 0 amide bonds. The molecular formula is C15H13NO2S2. The third-order valence-electron chi connectivity index (χ3n) is 2.64. The van der Waals surface area contributed by atoms with Crippen LogP contribution in [0.3, 0.4) is 0 Å². The van der Waals surface area contributed by atoms with Crippen molar-refractivity contribution in [1.29, 1.82) is 5.26 Å². The minimum atomic E-state index is -0.243. The van der Waals surface area contributed by atoms with Crippen molar-refractivity contribution >= 4 is 28.9 Å². The molecule has 2 aromatic rings. The standard InChI is InChI=1S/C15H13NO2S2/c1-2-8-19-15-11(9-16)13(18)14(20-15)12(17)10-6-4-3-5-7-10/h3-7,18H,2,8H2,1H3. The first-order chi connectivity index (χ1) is 9.69. The Hall–Kier alpha value is -1.77. The first-order valence-electron chi connectivity index (χ1n) is 6.17. The molecular weight excluding hydrogens is 290 g/mol. The maximum absolute atomic E-state index is 12.4. The number of hydrogen-bond donors (Lipinski definition) is 1. The van der Waals surface area contributed by atoms with Crippen LogP contribution in [0.5, 0.6) is 5.75 Å². The van der Waals surface area contributed by atoms with Gasteiger partial charge in [-0.2, -0.15) is 5.26 Å². The molecule has 0 unspecified atom stereocenters. The van der Waals surface area contributed by atoms with Crippen molar-refractivity contribution in [3.63, 3.8) is 0 Å². The Morgan fingerprint density at radius 1 is 1.40 bits per heavy atom. The number of thioether (sulfide) groups is 1. The molecule has 5 heteroatoms. The van der Waals surface area contributed by atoms with E-state index in [2.05, 4.69) is 0 Å². The van der Waals surface area contributed by atoms with E-state index in [0.29, 0.717) is 9.77 Å². The second-order valence-electron chi connectivity index (χ2n) is 4.10. The zero-order valence-electron chi connectivity index (χ0n) is 10.9. The van der Waals surface area contributed by atoms with Crippen LogP contribution in [-0.4, -0.2) is 16.6 Å². The fourth-order valence-electron chi connectivity index (χ4n) is 1.67. The first kappa shape index (κ1) is 14.6. The molecule has 1 aromatic heterocycles. The summed E-state index contributed by atoms with van der Waals surface area (Å²) >= 11 is 2.70. The van der Waals surface area contributed by atoms with Crippen LogP contribution in [0.15, 0.2) is 34.5 Å². The lowest BCUT2D eigenvalue weighted by Gasteiger charge is -1.98. The highest BCUT2D eigenvalue weighted by Crippen LogP contribution is 2.41. The average Bonchev–Trinajstić information content (AvgIpc) is 2.81. The van der Waals surface area contributed by atoms with Gasteiger partial charge in [-0.15, -0.1) is 23.1 Å². The summed E-state index contributed by atoms with van der Waals surface area (Å²) in [5.74, 6) is 0.422. The highest BCUT2D eigenvalue weighted by atomic mass is 32.2. The zero-order chi connectivity index (χ0) is 14.5. The number of aromatic hydroxyl groups is 1. The molecule has 0 aliphatic rings. The SMILES string of the molecule is CCCSc1sc(C(=O)c2ccccc2)c(O)c1C#N. The number of hydrogen-bond acceptors (Lipinski definition) is 5. The van der Waals surface area contributed by atoms with Gasteiger partial charge in [-0.3, -0.25) is 4.79 Å². The van der Waals surface area contributed by atoms with Crippen molar-refractivity contribution in [3.05, 3.63) is 46.3 Å². The van der Waals surface area contributed by atoms with Gasteiger partial charge in [-0.1, -0.05) is 37.3 Å². The van der Waals surface area contributed by atoms with Gasteiger partial charge in [0.05, 0.1) is 4.21 Å². The molecule has 0 saturated carbocycles. The summed E-state index contributed by atoms with van der Waals surface area (Å²) in [4.78, 5) is 12.6. The van der Waals surface area contributed by atoms with E-state index in [1.807, 2.05) is 19.1 Å². The van der Waals surface area contributed by atoms with Gasteiger partial charge in [-0.05, 0) is 12.2 Å². The van der Waals surface area contributed by atoms with Gasteiger partial charge in [0, 0.05) is 5.56 Å². The summed E-state index contributed by atoms with van der Waals surface area (Å²) in [6, 6.07) is 10.8. The maximum Gasteiger partial charge on any atom is 0.206 e. The Balaban J connectivity index is 2.40. The molecule has 1 heterocycles. The van der Waals surface area contributed by atoms with Gasteiger partial charge < -0.3 is 5.11 Å². The lowest BCUT2D eigenvalue weighted by molar-refractivity contribution is 0.104. The lowest BCUT2D eigenvalue weighted by Crippen LogP contribution is -1.98. The molecule has 3 nitrogen and oxygen atoms in total. The van der Waals surface area contributed by atoms with Crippen molar-refractivity contribution in [1.82, 2.24) is 0 Å². The molecule has 0 aliphatic heterocycles. The van der Waals surface area contributed by atoms with Crippen molar-refractivity contribution in [2.75, 3.05) is 5.75 Å². The minimum absolute atomic E-state index is 0.190. The third-order valence-corrected chi connectivity index (χ3v) is 5.30. The van der Waals surface area contributed by atoms with Gasteiger partial charge in [0.1, 0.15) is 16.5 Å². The highest BCUT2D eigenvalue weighted by molar-refractivity contribution is 8.01. The molecule has 0 saturated heterocycles. The van der Waals surface area contributed by atoms with Gasteiger partial charge >= 0.3 is 0 Å². The van der Waals surface area contributed by atoms with Crippen LogP contribution >= 0.6 is 23.1 Å². The van der Waals surface area contributed by atoms with Crippen LogP contribution in [0.25, 0.3) is 0 Å². The minimum Gasteiger partial charge on any atom is -0.505 e. The number of thiophene rings is 1. The molecule has 0 fully saturated rings. The number of nitrogens with zero attached hydrogens (tertiary/aromatic N) is 1. The predicted octanol–water partition coefficient (Wildman–Crippen LogP) is 4.06. The van der Waals surface area contributed by atoms with E-state index in [4.69, 9.17) is 5.26 Å². The highest BCUT2D eigenvalue weighted by Gasteiger charge is 2.23. The molecule has 0 atom stereocenters. The summed E-state index contributed by atoms with van der Waals surface area (Å²) in [5.41, 5.74) is 0.730. The normalized spacial score (nSPS) is 10.2. The molecule has 0 bridgehead atoms. The van der Waals surface area contributed by atoms with E-state index < -0.39 is 0 Å². The maximum atomic E-state index is 12.4. The summed E-state index contributed by atoms with van der Waals surface area (Å²) in [6.45, 7) is 2.04. The smallest absolute Gasteiger partial charge is 0.206 e. The fourth-order valence-corrected chi connectivity index (χ4v) is 3.92. The fraction of sp³-hybridized carbons (Fsp3) is 0.200. The largest absolute Gasteiger partial charge is 0.505 e. The van der Waals surface area contributed by atoms with Crippen LogP contribution in [0, 0.1) is 11.3 Å². The molecule has 1 aromatic carbocycles. The number of benzene rings is 1. The summed E-state index contributed by atoms with van der Waals surface area (Å²) < 4.78 is 0.714. The Morgan fingerprint density at radius 2 is 2.10 bits per heavy atom. The quantitative estimate of drug-likeness (QED) is 0.668.